The van der Waals surface area contributed by atoms with Gasteiger partial charge in [0.1, 0.15) is 10.0 Å². The number of nitrogens with one attached hydrogen (secondary N) is 1. The molecule has 1 rings (SSSR count). The van der Waals surface area contributed by atoms with Gasteiger partial charge in [0, 0.05) is 6.54 Å². The Morgan fingerprint density at radius 1 is 1.00 bits per heavy atom. The molecule has 0 aliphatic heterocycles. The molecule has 0 bridgehead atoms. The van der Waals surface area contributed by atoms with Gasteiger partial charge in [0.25, 0.3) is 5.91 Å². The molecule has 0 heterocycles. The van der Waals surface area contributed by atoms with Gasteiger partial charge in [-0.05, 0) is 0 Å². The second-order valence-corrected chi connectivity index (χ2v) is 5.15. The van der Waals surface area contributed by atoms with Crippen LogP contribution in [-0.2, 0) is 4.79 Å². The van der Waals surface area contributed by atoms with Crippen molar-refractivity contribution in [1.82, 2.24) is 5.32 Å². The van der Waals surface area contributed by atoms with Crippen LogP contribution in [0.4, 0.5) is 0 Å². The van der Waals surface area contributed by atoms with E-state index in [2.05, 4.69) is 5.32 Å². The highest BCUT2D eigenvalue weighted by molar-refractivity contribution is 6.55. The zero-order chi connectivity index (χ0) is 14.6. The van der Waals surface area contributed by atoms with Crippen LogP contribution in [0.1, 0.15) is 0 Å². The van der Waals surface area contributed by atoms with Crippen molar-refractivity contribution in [2.75, 3.05) is 19.8 Å². The number of hydrogen-bond donors (Lipinski definition) is 2. The molecule has 1 aromatic carbocycles. The van der Waals surface area contributed by atoms with E-state index in [0.717, 1.165) is 0 Å². The molecule has 0 fully saturated rings. The lowest BCUT2D eigenvalue weighted by Crippen LogP contribution is -2.31. The van der Waals surface area contributed by atoms with Crippen molar-refractivity contribution in [2.45, 2.75) is 0 Å². The third-order valence-corrected chi connectivity index (χ3v) is 4.19. The maximum atomic E-state index is 11.3. The topological polar surface area (TPSA) is 58.6 Å². The summed E-state index contributed by atoms with van der Waals surface area (Å²) in [6.07, 6.45) is 0. The largest absolute Gasteiger partial charge is 0.481 e. The number of hydrogen-bond acceptors (Lipinski definition) is 3. The molecule has 0 saturated carbocycles. The summed E-state index contributed by atoms with van der Waals surface area (Å²) in [4.78, 5) is 11.3. The first-order chi connectivity index (χ1) is 8.90. The molecule has 0 aromatic heterocycles. The summed E-state index contributed by atoms with van der Waals surface area (Å²) in [5, 5.41) is 10.9. The molecule has 0 unspecified atom stereocenters. The smallest absolute Gasteiger partial charge is 0.258 e. The molecule has 106 valence electrons. The second kappa shape index (κ2) is 7.62. The van der Waals surface area contributed by atoms with Crippen molar-refractivity contribution in [2.24, 2.45) is 0 Å². The molecule has 0 saturated heterocycles. The SMILES string of the molecule is O=C(COc1c(Cl)c(Cl)c(Cl)c(Cl)c1Cl)NCCO. The van der Waals surface area contributed by atoms with E-state index < -0.39 is 5.91 Å². The van der Waals surface area contributed by atoms with E-state index in [4.69, 9.17) is 67.8 Å². The predicted octanol–water partition coefficient (Wildman–Crippen LogP) is 3.44. The molecule has 0 aliphatic rings. The van der Waals surface area contributed by atoms with Crippen LogP contribution in [0.3, 0.4) is 0 Å². The number of halogens is 5. The van der Waals surface area contributed by atoms with E-state index in [0.29, 0.717) is 0 Å². The first kappa shape index (κ1) is 17.0. The summed E-state index contributed by atoms with van der Waals surface area (Å²) < 4.78 is 5.16. The lowest BCUT2D eigenvalue weighted by molar-refractivity contribution is -0.123. The van der Waals surface area contributed by atoms with Crippen LogP contribution >= 0.6 is 58.0 Å². The first-order valence-corrected chi connectivity index (χ1v) is 6.80. The maximum Gasteiger partial charge on any atom is 0.258 e. The molecule has 0 radical (unpaired) electrons. The molecular weight excluding hydrogens is 359 g/mol. The van der Waals surface area contributed by atoms with Gasteiger partial charge >= 0.3 is 0 Å². The normalized spacial score (nSPS) is 10.4. The first-order valence-electron chi connectivity index (χ1n) is 4.92. The predicted molar refractivity (Wildman–Crippen MR) is 77.1 cm³/mol. The van der Waals surface area contributed by atoms with E-state index >= 15 is 0 Å². The third kappa shape index (κ3) is 4.18. The average molecular weight is 367 g/mol. The van der Waals surface area contributed by atoms with Crippen LogP contribution in [0.25, 0.3) is 0 Å². The highest BCUT2D eigenvalue weighted by Crippen LogP contribution is 2.48. The van der Waals surface area contributed by atoms with Gasteiger partial charge in [0.2, 0.25) is 0 Å². The van der Waals surface area contributed by atoms with Crippen molar-refractivity contribution < 1.29 is 14.6 Å². The Bertz CT molecular complexity index is 466. The summed E-state index contributed by atoms with van der Waals surface area (Å²) in [5.41, 5.74) is 0. The van der Waals surface area contributed by atoms with Crippen molar-refractivity contribution in [1.29, 1.82) is 0 Å². The van der Waals surface area contributed by atoms with Crippen molar-refractivity contribution in [3.63, 3.8) is 0 Å². The average Bonchev–Trinajstić information content (AvgIpc) is 2.40. The highest BCUT2D eigenvalue weighted by Gasteiger charge is 2.21. The molecule has 2 N–H and O–H groups in total. The van der Waals surface area contributed by atoms with Crippen LogP contribution in [0.15, 0.2) is 0 Å². The van der Waals surface area contributed by atoms with Gasteiger partial charge < -0.3 is 15.2 Å². The molecular formula is C10H8Cl5NO3. The monoisotopic (exact) mass is 365 g/mol. The summed E-state index contributed by atoms with van der Waals surface area (Å²) in [7, 11) is 0. The van der Waals surface area contributed by atoms with Gasteiger partial charge in [-0.15, -0.1) is 0 Å². The van der Waals surface area contributed by atoms with Gasteiger partial charge in [-0.2, -0.15) is 0 Å². The van der Waals surface area contributed by atoms with Crippen LogP contribution in [0.2, 0.25) is 25.1 Å². The lowest BCUT2D eigenvalue weighted by Gasteiger charge is -2.13. The Labute approximate surface area is 134 Å². The maximum absolute atomic E-state index is 11.3. The number of rotatable bonds is 5. The minimum atomic E-state index is -0.455. The van der Waals surface area contributed by atoms with Gasteiger partial charge in [0.05, 0.1) is 21.7 Å². The molecule has 9 heteroatoms. The highest BCUT2D eigenvalue weighted by atomic mass is 35.5. The Morgan fingerprint density at radius 3 is 1.95 bits per heavy atom. The van der Waals surface area contributed by atoms with Crippen LogP contribution in [0.5, 0.6) is 5.75 Å². The van der Waals surface area contributed by atoms with Crippen molar-refractivity contribution in [3.05, 3.63) is 25.1 Å². The summed E-state index contributed by atoms with van der Waals surface area (Å²) in [5.74, 6) is -0.481. The zero-order valence-corrected chi connectivity index (χ0v) is 13.1. The summed E-state index contributed by atoms with van der Waals surface area (Å²) in [6.45, 7) is -0.411. The Hall–Kier alpha value is -0.100. The minimum Gasteiger partial charge on any atom is -0.481 e. The van der Waals surface area contributed by atoms with E-state index in [1.165, 1.54) is 0 Å². The molecule has 4 nitrogen and oxygen atoms in total. The fourth-order valence-corrected chi connectivity index (χ4v) is 2.33. The zero-order valence-electron chi connectivity index (χ0n) is 9.27. The third-order valence-electron chi connectivity index (χ3n) is 1.95. The number of aliphatic hydroxyl groups excluding tert-OH is 1. The number of benzene rings is 1. The van der Waals surface area contributed by atoms with E-state index in [1.807, 2.05) is 0 Å². The van der Waals surface area contributed by atoms with Gasteiger partial charge in [0.15, 0.2) is 12.4 Å². The Balaban J connectivity index is 2.87. The quantitative estimate of drug-likeness (QED) is 0.619. The molecule has 0 atom stereocenters. The van der Waals surface area contributed by atoms with E-state index in [-0.39, 0.29) is 50.6 Å². The van der Waals surface area contributed by atoms with Crippen molar-refractivity contribution in [3.8, 4) is 5.75 Å². The molecule has 1 amide bonds. The Kier molecular flexibility index (Phi) is 6.80. The molecule has 1 aromatic rings. The van der Waals surface area contributed by atoms with Crippen LogP contribution in [-0.4, -0.2) is 30.8 Å². The van der Waals surface area contributed by atoms with Gasteiger partial charge in [-0.3, -0.25) is 4.79 Å². The van der Waals surface area contributed by atoms with E-state index in [1.54, 1.807) is 0 Å². The van der Waals surface area contributed by atoms with Gasteiger partial charge in [-0.25, -0.2) is 0 Å². The van der Waals surface area contributed by atoms with Crippen LogP contribution < -0.4 is 10.1 Å². The molecule has 19 heavy (non-hydrogen) atoms. The second-order valence-electron chi connectivity index (χ2n) is 3.26. The number of carbonyl (C=O) groups is 1. The fraction of sp³-hybridized carbons (Fsp3) is 0.300. The standard InChI is InChI=1S/C10H8Cl5NO3/c11-5-6(12)8(14)10(9(15)7(5)13)19-3-4(18)16-1-2-17/h17H,1-3H2,(H,16,18). The van der Waals surface area contributed by atoms with Crippen molar-refractivity contribution >= 4 is 63.9 Å². The lowest BCUT2D eigenvalue weighted by atomic mass is 10.3. The Morgan fingerprint density at radius 2 is 1.47 bits per heavy atom. The molecule has 0 spiro atoms. The number of ether oxygens (including phenoxy) is 1. The summed E-state index contributed by atoms with van der Waals surface area (Å²) in [6, 6.07) is 0. The van der Waals surface area contributed by atoms with E-state index in [9.17, 15) is 4.79 Å². The molecule has 0 aliphatic carbocycles. The number of aliphatic hydroxyl groups is 1. The number of amides is 1. The summed E-state index contributed by atoms with van der Waals surface area (Å²) >= 11 is 29.3. The number of carbonyl (C=O) groups excluding carboxylic acids is 1. The fourth-order valence-electron chi connectivity index (χ4n) is 1.10. The van der Waals surface area contributed by atoms with Gasteiger partial charge in [-0.1, -0.05) is 58.0 Å². The van der Waals surface area contributed by atoms with Crippen LogP contribution in [0, 0.1) is 0 Å². The minimum absolute atomic E-state index is 0.00964.